The largest absolute Gasteiger partial charge is 0.493 e. The second-order valence-corrected chi connectivity index (χ2v) is 6.05. The molecule has 1 N–H and O–H groups in total. The molecule has 0 unspecified atom stereocenters. The van der Waals surface area contributed by atoms with Gasteiger partial charge >= 0.3 is 5.97 Å². The molecule has 0 amide bonds. The molecule has 0 aliphatic rings. The van der Waals surface area contributed by atoms with E-state index in [0.29, 0.717) is 16.5 Å². The van der Waals surface area contributed by atoms with Crippen molar-refractivity contribution in [1.82, 2.24) is 0 Å². The third-order valence-electron chi connectivity index (χ3n) is 2.76. The second kappa shape index (κ2) is 8.16. The number of hydrogen-bond acceptors (Lipinski definition) is 4. The summed E-state index contributed by atoms with van der Waals surface area (Å²) >= 11 is 7.98. The van der Waals surface area contributed by atoms with Crippen LogP contribution in [0.15, 0.2) is 41.4 Å². The molecule has 0 aromatic heterocycles. The van der Waals surface area contributed by atoms with Crippen molar-refractivity contribution in [3.63, 3.8) is 0 Å². The van der Waals surface area contributed by atoms with E-state index in [1.54, 1.807) is 24.4 Å². The van der Waals surface area contributed by atoms with E-state index in [0.717, 1.165) is 14.8 Å². The highest BCUT2D eigenvalue weighted by atomic mass is 127. The Morgan fingerprint density at radius 2 is 2.17 bits per heavy atom. The summed E-state index contributed by atoms with van der Waals surface area (Å²) in [6.07, 6.45) is 1.68. The summed E-state index contributed by atoms with van der Waals surface area (Å²) in [5.74, 6) is -0.199. The monoisotopic (exact) mass is 445 g/mol. The van der Waals surface area contributed by atoms with Crippen molar-refractivity contribution >= 4 is 52.1 Å². The Kier molecular flexibility index (Phi) is 6.23. The molecule has 0 bridgehead atoms. The standard InChI is InChI=1S/C16H13ClINO4/c1-22-14-6-10(5-13(18)16(14)23-9-15(20)21)8-19-12-4-2-3-11(17)7-12/h2-8H,9H2,1H3,(H,20,21). The van der Waals surface area contributed by atoms with E-state index in [-0.39, 0.29) is 0 Å². The molecule has 0 heterocycles. The third kappa shape index (κ3) is 5.11. The third-order valence-corrected chi connectivity index (χ3v) is 3.80. The fourth-order valence-electron chi connectivity index (χ4n) is 1.79. The Morgan fingerprint density at radius 1 is 1.39 bits per heavy atom. The van der Waals surface area contributed by atoms with E-state index in [4.69, 9.17) is 26.2 Å². The van der Waals surface area contributed by atoms with Crippen LogP contribution in [0.2, 0.25) is 5.02 Å². The van der Waals surface area contributed by atoms with Gasteiger partial charge in [-0.15, -0.1) is 0 Å². The topological polar surface area (TPSA) is 68.1 Å². The molecule has 0 aliphatic carbocycles. The first-order valence-electron chi connectivity index (χ1n) is 6.51. The summed E-state index contributed by atoms with van der Waals surface area (Å²) in [7, 11) is 1.50. The summed E-state index contributed by atoms with van der Waals surface area (Å²) in [5, 5.41) is 9.33. The van der Waals surface area contributed by atoms with Crippen molar-refractivity contribution in [2.24, 2.45) is 4.99 Å². The zero-order valence-electron chi connectivity index (χ0n) is 12.1. The van der Waals surface area contributed by atoms with Gasteiger partial charge in [-0.1, -0.05) is 17.7 Å². The molecule has 0 atom stereocenters. The van der Waals surface area contributed by atoms with Crippen LogP contribution < -0.4 is 9.47 Å². The average molecular weight is 446 g/mol. The van der Waals surface area contributed by atoms with Gasteiger partial charge in [-0.05, 0) is 58.5 Å². The predicted molar refractivity (Wildman–Crippen MR) is 97.5 cm³/mol. The number of carboxylic acid groups (broad SMARTS) is 1. The van der Waals surface area contributed by atoms with Crippen LogP contribution in [0.5, 0.6) is 11.5 Å². The highest BCUT2D eigenvalue weighted by Crippen LogP contribution is 2.33. The molecule has 0 spiro atoms. The smallest absolute Gasteiger partial charge is 0.341 e. The van der Waals surface area contributed by atoms with Gasteiger partial charge in [-0.3, -0.25) is 4.99 Å². The Balaban J connectivity index is 2.26. The summed E-state index contributed by atoms with van der Waals surface area (Å²) < 4.78 is 11.3. The van der Waals surface area contributed by atoms with Crippen LogP contribution in [-0.4, -0.2) is 31.0 Å². The average Bonchev–Trinajstić information content (AvgIpc) is 2.51. The van der Waals surface area contributed by atoms with E-state index in [1.807, 2.05) is 18.2 Å². The number of benzene rings is 2. The number of methoxy groups -OCH3 is 1. The number of ether oxygens (including phenoxy) is 2. The minimum absolute atomic E-state index is 0.399. The lowest BCUT2D eigenvalue weighted by molar-refractivity contribution is -0.139. The molecule has 0 fully saturated rings. The number of carboxylic acids is 1. The highest BCUT2D eigenvalue weighted by Gasteiger charge is 2.12. The van der Waals surface area contributed by atoms with Crippen LogP contribution in [0.3, 0.4) is 0 Å². The Bertz CT molecular complexity index is 749. The zero-order valence-corrected chi connectivity index (χ0v) is 15.0. The van der Waals surface area contributed by atoms with Gasteiger partial charge in [0.05, 0.1) is 16.4 Å². The van der Waals surface area contributed by atoms with Crippen molar-refractivity contribution in [3.8, 4) is 11.5 Å². The lowest BCUT2D eigenvalue weighted by Gasteiger charge is -2.12. The molecule has 0 radical (unpaired) electrons. The molecule has 120 valence electrons. The maximum Gasteiger partial charge on any atom is 0.341 e. The van der Waals surface area contributed by atoms with Crippen molar-refractivity contribution in [2.45, 2.75) is 0 Å². The molecule has 2 aromatic carbocycles. The molecular weight excluding hydrogens is 433 g/mol. The van der Waals surface area contributed by atoms with Gasteiger partial charge in [0, 0.05) is 11.2 Å². The first-order valence-corrected chi connectivity index (χ1v) is 7.97. The van der Waals surface area contributed by atoms with Gasteiger partial charge in [-0.2, -0.15) is 0 Å². The van der Waals surface area contributed by atoms with E-state index in [1.165, 1.54) is 7.11 Å². The highest BCUT2D eigenvalue weighted by molar-refractivity contribution is 14.1. The normalized spacial score (nSPS) is 10.7. The Morgan fingerprint density at radius 3 is 2.83 bits per heavy atom. The van der Waals surface area contributed by atoms with Crippen LogP contribution in [0, 0.1) is 3.57 Å². The van der Waals surface area contributed by atoms with E-state index in [2.05, 4.69) is 27.6 Å². The number of aliphatic imine (C=N–C) groups is 1. The van der Waals surface area contributed by atoms with Crippen LogP contribution in [0.25, 0.3) is 0 Å². The van der Waals surface area contributed by atoms with Crippen molar-refractivity contribution in [1.29, 1.82) is 0 Å². The molecule has 0 aliphatic heterocycles. The van der Waals surface area contributed by atoms with Gasteiger partial charge in [-0.25, -0.2) is 4.79 Å². The van der Waals surface area contributed by atoms with Crippen molar-refractivity contribution in [3.05, 3.63) is 50.6 Å². The molecular formula is C16H13ClINO4. The molecule has 7 heteroatoms. The molecule has 2 aromatic rings. The van der Waals surface area contributed by atoms with E-state index >= 15 is 0 Å². The maximum atomic E-state index is 10.6. The van der Waals surface area contributed by atoms with Crippen LogP contribution in [-0.2, 0) is 4.79 Å². The number of hydrogen-bond donors (Lipinski definition) is 1. The first-order chi connectivity index (χ1) is 11.0. The summed E-state index contributed by atoms with van der Waals surface area (Å²) in [6.45, 7) is -0.428. The predicted octanol–water partition coefficient (Wildman–Crippen LogP) is 4.17. The fraction of sp³-hybridized carbons (Fsp3) is 0.125. The van der Waals surface area contributed by atoms with Crippen molar-refractivity contribution < 1.29 is 19.4 Å². The van der Waals surface area contributed by atoms with Gasteiger partial charge in [0.15, 0.2) is 18.1 Å². The van der Waals surface area contributed by atoms with Crippen molar-refractivity contribution in [2.75, 3.05) is 13.7 Å². The lowest BCUT2D eigenvalue weighted by atomic mass is 10.2. The van der Waals surface area contributed by atoms with Crippen LogP contribution in [0.4, 0.5) is 5.69 Å². The molecule has 2 rings (SSSR count). The van der Waals surface area contributed by atoms with E-state index < -0.39 is 12.6 Å². The fourth-order valence-corrected chi connectivity index (χ4v) is 2.76. The van der Waals surface area contributed by atoms with Gasteiger partial charge in [0.1, 0.15) is 0 Å². The molecule has 5 nitrogen and oxygen atoms in total. The van der Waals surface area contributed by atoms with Gasteiger partial charge in [0.2, 0.25) is 0 Å². The number of rotatable bonds is 6. The van der Waals surface area contributed by atoms with Crippen LogP contribution >= 0.6 is 34.2 Å². The molecule has 0 saturated heterocycles. The lowest BCUT2D eigenvalue weighted by Crippen LogP contribution is -2.11. The number of carbonyl (C=O) groups is 1. The quantitative estimate of drug-likeness (QED) is 0.535. The maximum absolute atomic E-state index is 10.6. The Labute approximate surface area is 152 Å². The number of aliphatic carboxylic acids is 1. The van der Waals surface area contributed by atoms with E-state index in [9.17, 15) is 4.79 Å². The van der Waals surface area contributed by atoms with Gasteiger partial charge in [0.25, 0.3) is 0 Å². The van der Waals surface area contributed by atoms with Crippen LogP contribution in [0.1, 0.15) is 5.56 Å². The van der Waals surface area contributed by atoms with Gasteiger partial charge < -0.3 is 14.6 Å². The minimum Gasteiger partial charge on any atom is -0.493 e. The number of nitrogens with zero attached hydrogens (tertiary/aromatic N) is 1. The summed E-state index contributed by atoms with van der Waals surface area (Å²) in [4.78, 5) is 15.0. The SMILES string of the molecule is COc1cc(C=Nc2cccc(Cl)c2)cc(I)c1OCC(=O)O. The Hall–Kier alpha value is -1.80. The summed E-state index contributed by atoms with van der Waals surface area (Å²) in [6, 6.07) is 10.8. The summed E-state index contributed by atoms with van der Waals surface area (Å²) in [5.41, 5.74) is 1.53. The zero-order chi connectivity index (χ0) is 16.8. The second-order valence-electron chi connectivity index (χ2n) is 4.45. The molecule has 0 saturated carbocycles. The molecule has 23 heavy (non-hydrogen) atoms. The minimum atomic E-state index is -1.05. The first kappa shape index (κ1) is 17.6. The number of halogens is 2.